The highest BCUT2D eigenvalue weighted by atomic mass is 16.5. The quantitative estimate of drug-likeness (QED) is 0.428. The van der Waals surface area contributed by atoms with Gasteiger partial charge in [0.25, 0.3) is 0 Å². The lowest BCUT2D eigenvalue weighted by atomic mass is 9.81. The number of carbonyl (C=O) groups excluding carboxylic acids is 1. The summed E-state index contributed by atoms with van der Waals surface area (Å²) in [5.74, 6) is 2.94. The molecule has 3 nitrogen and oxygen atoms in total. The van der Waals surface area contributed by atoms with Gasteiger partial charge in [0.15, 0.2) is 0 Å². The summed E-state index contributed by atoms with van der Waals surface area (Å²) in [6.45, 7) is 7.05. The van der Waals surface area contributed by atoms with E-state index in [0.29, 0.717) is 18.1 Å². The first-order valence-corrected chi connectivity index (χ1v) is 7.09. The predicted molar refractivity (Wildman–Crippen MR) is 69.8 cm³/mol. The molecule has 2 saturated carbocycles. The molecule has 0 aromatic carbocycles. The van der Waals surface area contributed by atoms with Crippen molar-refractivity contribution in [1.29, 1.82) is 0 Å². The summed E-state index contributed by atoms with van der Waals surface area (Å²) in [5.41, 5.74) is 0.549. The molecule has 0 aliphatic heterocycles. The summed E-state index contributed by atoms with van der Waals surface area (Å²) in [4.78, 5) is 11.4. The summed E-state index contributed by atoms with van der Waals surface area (Å²) >= 11 is 0. The molecule has 4 atom stereocenters. The van der Waals surface area contributed by atoms with Gasteiger partial charge in [0.1, 0.15) is 0 Å². The molecule has 0 heterocycles. The van der Waals surface area contributed by atoms with Crippen LogP contribution in [0.25, 0.3) is 0 Å². The lowest BCUT2D eigenvalue weighted by Gasteiger charge is -2.27. The van der Waals surface area contributed by atoms with Crippen molar-refractivity contribution in [3.8, 4) is 0 Å². The molecule has 2 fully saturated rings. The van der Waals surface area contributed by atoms with Crippen molar-refractivity contribution in [2.24, 2.45) is 23.7 Å². The van der Waals surface area contributed by atoms with Gasteiger partial charge in [0, 0.05) is 0 Å². The molecule has 2 bridgehead atoms. The van der Waals surface area contributed by atoms with Crippen molar-refractivity contribution in [2.45, 2.75) is 40.0 Å². The fourth-order valence-corrected chi connectivity index (χ4v) is 3.56. The Morgan fingerprint density at radius 1 is 1.33 bits per heavy atom. The van der Waals surface area contributed by atoms with Crippen LogP contribution in [0.1, 0.15) is 40.0 Å². The largest absolute Gasteiger partial charge is 0.500 e. The highest BCUT2D eigenvalue weighted by Crippen LogP contribution is 2.52. The van der Waals surface area contributed by atoms with Crippen molar-refractivity contribution in [3.05, 3.63) is 11.8 Å². The number of carbonyl (C=O) groups is 1. The minimum Gasteiger partial charge on any atom is -0.500 e. The second kappa shape index (κ2) is 5.77. The fourth-order valence-electron chi connectivity index (χ4n) is 3.56. The van der Waals surface area contributed by atoms with Gasteiger partial charge in [0.05, 0.1) is 25.0 Å². The topological polar surface area (TPSA) is 35.5 Å². The normalized spacial score (nSPS) is 34.7. The Balaban J connectivity index is 1.78. The van der Waals surface area contributed by atoms with Crippen molar-refractivity contribution >= 4 is 5.97 Å². The van der Waals surface area contributed by atoms with Gasteiger partial charge in [-0.3, -0.25) is 0 Å². The molecule has 0 N–H and O–H groups in total. The van der Waals surface area contributed by atoms with E-state index in [-0.39, 0.29) is 5.97 Å². The Kier molecular flexibility index (Phi) is 4.31. The van der Waals surface area contributed by atoms with Crippen molar-refractivity contribution in [3.63, 3.8) is 0 Å². The number of hydrogen-bond donors (Lipinski definition) is 0. The van der Waals surface area contributed by atoms with Crippen LogP contribution in [0.15, 0.2) is 11.8 Å². The molecule has 2 aliphatic rings. The van der Waals surface area contributed by atoms with Crippen molar-refractivity contribution in [2.75, 3.05) is 13.2 Å². The van der Waals surface area contributed by atoms with Gasteiger partial charge in [-0.25, -0.2) is 4.79 Å². The first-order valence-electron chi connectivity index (χ1n) is 7.09. The monoisotopic (exact) mass is 252 g/mol. The maximum atomic E-state index is 11.4. The maximum Gasteiger partial charge on any atom is 0.336 e. The minimum atomic E-state index is -0.279. The fraction of sp³-hybridized carbons (Fsp3) is 0.800. The van der Waals surface area contributed by atoms with Crippen LogP contribution in [0.3, 0.4) is 0 Å². The van der Waals surface area contributed by atoms with Crippen molar-refractivity contribution < 1.29 is 14.3 Å². The summed E-state index contributed by atoms with van der Waals surface area (Å²) in [6, 6.07) is 0. The van der Waals surface area contributed by atoms with Gasteiger partial charge in [-0.05, 0) is 56.8 Å². The molecule has 0 amide bonds. The highest BCUT2D eigenvalue weighted by molar-refractivity contribution is 5.87. The number of ether oxygens (including phenoxy) is 2. The number of esters is 1. The molecule has 2 aliphatic carbocycles. The zero-order chi connectivity index (χ0) is 13.1. The summed E-state index contributed by atoms with van der Waals surface area (Å²) in [6.07, 6.45) is 5.72. The lowest BCUT2D eigenvalue weighted by molar-refractivity contribution is -0.138. The first kappa shape index (κ1) is 13.4. The molecule has 4 unspecified atom stereocenters. The smallest absolute Gasteiger partial charge is 0.336 e. The Morgan fingerprint density at radius 2 is 2.06 bits per heavy atom. The molecule has 0 aromatic rings. The minimum absolute atomic E-state index is 0.279. The molecule has 0 aromatic heterocycles. The Morgan fingerprint density at radius 3 is 2.67 bits per heavy atom. The number of rotatable bonds is 5. The van der Waals surface area contributed by atoms with E-state index in [1.54, 1.807) is 13.2 Å². The van der Waals surface area contributed by atoms with Crippen LogP contribution >= 0.6 is 0 Å². The molecule has 0 spiro atoms. The molecule has 102 valence electrons. The van der Waals surface area contributed by atoms with E-state index >= 15 is 0 Å². The van der Waals surface area contributed by atoms with Gasteiger partial charge in [-0.2, -0.15) is 0 Å². The summed E-state index contributed by atoms with van der Waals surface area (Å²) < 4.78 is 10.5. The third-order valence-electron chi connectivity index (χ3n) is 4.68. The zero-order valence-corrected chi connectivity index (χ0v) is 11.6. The van der Waals surface area contributed by atoms with Gasteiger partial charge in [0.2, 0.25) is 0 Å². The third-order valence-corrected chi connectivity index (χ3v) is 4.68. The Hall–Kier alpha value is -0.990. The van der Waals surface area contributed by atoms with Crippen LogP contribution < -0.4 is 0 Å². The van der Waals surface area contributed by atoms with Crippen LogP contribution in [0.2, 0.25) is 0 Å². The molecular weight excluding hydrogens is 228 g/mol. The molecule has 0 radical (unpaired) electrons. The van der Waals surface area contributed by atoms with Gasteiger partial charge in [-0.1, -0.05) is 6.92 Å². The molecule has 18 heavy (non-hydrogen) atoms. The molecule has 2 rings (SSSR count). The van der Waals surface area contributed by atoms with Gasteiger partial charge in [-0.15, -0.1) is 0 Å². The average molecular weight is 252 g/mol. The van der Waals surface area contributed by atoms with E-state index in [1.807, 2.05) is 6.92 Å². The van der Waals surface area contributed by atoms with Crippen LogP contribution in [0.5, 0.6) is 0 Å². The van der Waals surface area contributed by atoms with Crippen LogP contribution in [-0.4, -0.2) is 19.2 Å². The average Bonchev–Trinajstić information content (AvgIpc) is 2.92. The number of fused-ring (bicyclic) bond motifs is 2. The first-order chi connectivity index (χ1) is 8.63. The molecule has 3 heteroatoms. The zero-order valence-electron chi connectivity index (χ0n) is 11.6. The third kappa shape index (κ3) is 2.70. The lowest BCUT2D eigenvalue weighted by Crippen LogP contribution is -2.23. The molecular formula is C15H24O3. The Bertz CT molecular complexity index is 333. The number of hydrogen-bond acceptors (Lipinski definition) is 3. The predicted octanol–water partition coefficient (Wildman–Crippen LogP) is 3.15. The van der Waals surface area contributed by atoms with E-state index in [0.717, 1.165) is 24.4 Å². The van der Waals surface area contributed by atoms with Gasteiger partial charge < -0.3 is 9.47 Å². The van der Waals surface area contributed by atoms with Crippen LogP contribution in [-0.2, 0) is 14.3 Å². The van der Waals surface area contributed by atoms with E-state index in [4.69, 9.17) is 9.47 Å². The summed E-state index contributed by atoms with van der Waals surface area (Å²) in [5, 5.41) is 0. The van der Waals surface area contributed by atoms with Crippen LogP contribution in [0, 0.1) is 23.7 Å². The SMILES string of the molecule is CCOC(=O)/C(C)=C/OCC1C2CCC(C2)C1C. The highest BCUT2D eigenvalue weighted by Gasteiger charge is 2.45. The second-order valence-electron chi connectivity index (χ2n) is 5.71. The standard InChI is InChI=1S/C15H24O3/c1-4-18-15(16)10(2)8-17-9-14-11(3)12-5-6-13(14)7-12/h8,11-14H,4-7,9H2,1-3H3/b10-8+. The maximum absolute atomic E-state index is 11.4. The van der Waals surface area contributed by atoms with E-state index < -0.39 is 0 Å². The Labute approximate surface area is 110 Å². The van der Waals surface area contributed by atoms with E-state index in [2.05, 4.69) is 6.92 Å². The van der Waals surface area contributed by atoms with Crippen LogP contribution in [0.4, 0.5) is 0 Å². The van der Waals surface area contributed by atoms with Crippen molar-refractivity contribution in [1.82, 2.24) is 0 Å². The summed E-state index contributed by atoms with van der Waals surface area (Å²) in [7, 11) is 0. The van der Waals surface area contributed by atoms with Gasteiger partial charge >= 0.3 is 5.97 Å². The molecule has 0 saturated heterocycles. The van der Waals surface area contributed by atoms with E-state index in [1.165, 1.54) is 19.3 Å². The van der Waals surface area contributed by atoms with E-state index in [9.17, 15) is 4.79 Å². The second-order valence-corrected chi connectivity index (χ2v) is 5.71.